The Morgan fingerprint density at radius 2 is 1.62 bits per heavy atom. The van der Waals surface area contributed by atoms with E-state index in [1.54, 1.807) is 0 Å². The van der Waals surface area contributed by atoms with Crippen molar-refractivity contribution in [1.82, 2.24) is 0 Å². The van der Waals surface area contributed by atoms with Crippen molar-refractivity contribution in [1.29, 1.82) is 0 Å². The van der Waals surface area contributed by atoms with Crippen LogP contribution in [-0.4, -0.2) is 23.9 Å². The van der Waals surface area contributed by atoms with Crippen molar-refractivity contribution >= 4 is 0 Å². The molecule has 0 radical (unpaired) electrons. The Morgan fingerprint density at radius 1 is 0.912 bits per heavy atom. The van der Waals surface area contributed by atoms with Gasteiger partial charge in [0.2, 0.25) is 0 Å². The van der Waals surface area contributed by atoms with E-state index in [1.165, 1.54) is 44.2 Å². The van der Waals surface area contributed by atoms with Crippen LogP contribution >= 0.6 is 0 Å². The summed E-state index contributed by atoms with van der Waals surface area (Å²) in [7, 11) is 1.87. The van der Waals surface area contributed by atoms with E-state index in [1.807, 2.05) is 7.11 Å². The third-order valence-electron chi connectivity index (χ3n) is 10.6. The van der Waals surface area contributed by atoms with Crippen molar-refractivity contribution in [2.45, 2.75) is 89.5 Å². The van der Waals surface area contributed by atoms with Gasteiger partial charge in [0.1, 0.15) is 5.60 Å². The molecule has 0 aliphatic heterocycles. The van der Waals surface area contributed by atoms with Gasteiger partial charge in [0, 0.05) is 12.7 Å². The molecule has 4 aliphatic rings. The average molecular weight is 475 g/mol. The fourth-order valence-electron chi connectivity index (χ4n) is 8.63. The zero-order valence-corrected chi connectivity index (χ0v) is 20.5. The highest BCUT2D eigenvalue weighted by Gasteiger charge is 2.61. The van der Waals surface area contributed by atoms with Gasteiger partial charge >= 0.3 is 6.18 Å². The van der Waals surface area contributed by atoms with E-state index in [4.69, 9.17) is 4.74 Å². The minimum Gasteiger partial charge on any atom is -0.381 e. The number of hydrogen-bond donors (Lipinski definition) is 1. The molecular formula is C29H37F3O2. The lowest BCUT2D eigenvalue weighted by molar-refractivity contribution is -0.146. The Bertz CT molecular complexity index is 976. The van der Waals surface area contributed by atoms with Crippen LogP contribution in [0.5, 0.6) is 0 Å². The molecule has 0 aromatic heterocycles. The number of methoxy groups -OCH3 is 1. The van der Waals surface area contributed by atoms with E-state index in [9.17, 15) is 18.3 Å². The number of hydrogen-bond acceptors (Lipinski definition) is 2. The first-order valence-corrected chi connectivity index (χ1v) is 12.9. The van der Waals surface area contributed by atoms with Gasteiger partial charge in [-0.3, -0.25) is 0 Å². The molecule has 5 heteroatoms. The van der Waals surface area contributed by atoms with Crippen LogP contribution < -0.4 is 0 Å². The first-order valence-electron chi connectivity index (χ1n) is 12.9. The number of alkyl halides is 3. The summed E-state index contributed by atoms with van der Waals surface area (Å²) >= 11 is 0. The number of fused-ring (bicyclic) bond motifs is 5. The number of rotatable bonds is 1. The van der Waals surface area contributed by atoms with Gasteiger partial charge in [0.25, 0.3) is 0 Å². The summed E-state index contributed by atoms with van der Waals surface area (Å²) in [5.41, 5.74) is -0.680. The molecule has 4 aliphatic carbocycles. The third-order valence-corrected chi connectivity index (χ3v) is 10.6. The monoisotopic (exact) mass is 474 g/mol. The second-order valence-corrected chi connectivity index (χ2v) is 12.1. The molecule has 1 aromatic rings. The Balaban J connectivity index is 1.31. The van der Waals surface area contributed by atoms with Gasteiger partial charge in [-0.05, 0) is 117 Å². The summed E-state index contributed by atoms with van der Waals surface area (Å²) in [6.45, 7) is 4.92. The number of benzene rings is 1. The van der Waals surface area contributed by atoms with Crippen LogP contribution in [0.3, 0.4) is 0 Å². The SMILES string of the molecule is CO[C@H]1CCC2C3CCC4C[C@@](O)(C#Cc5ccc(C(F)(F)F)cc5)CC[C@]4(C)C3CC[C@@]21C. The minimum absolute atomic E-state index is 0.234. The quantitative estimate of drug-likeness (QED) is 0.451. The molecule has 4 unspecified atom stereocenters. The van der Waals surface area contributed by atoms with Crippen molar-refractivity contribution in [3.63, 3.8) is 0 Å². The van der Waals surface area contributed by atoms with E-state index in [2.05, 4.69) is 25.7 Å². The van der Waals surface area contributed by atoms with E-state index in [0.29, 0.717) is 41.8 Å². The predicted octanol–water partition coefficient (Wildman–Crippen LogP) is 6.85. The lowest BCUT2D eigenvalue weighted by Crippen LogP contribution is -2.56. The average Bonchev–Trinajstić information content (AvgIpc) is 3.14. The van der Waals surface area contributed by atoms with Crippen LogP contribution in [0.15, 0.2) is 24.3 Å². The molecule has 0 saturated heterocycles. The standard InChI is InChI=1S/C29H37F3O2/c1-26-16-17-28(33,15-12-19-4-6-20(7-5-19)29(30,31)32)18-21(26)8-9-22-23-10-11-25(34-3)27(23,2)14-13-24(22)26/h4-7,21-25,33H,8-11,13-14,16-18H2,1-3H3/t21?,22?,23?,24?,25-,26-,27-,28+/m0/s1. The minimum atomic E-state index is -4.35. The highest BCUT2D eigenvalue weighted by atomic mass is 19.4. The van der Waals surface area contributed by atoms with Crippen molar-refractivity contribution in [2.75, 3.05) is 7.11 Å². The van der Waals surface area contributed by atoms with Gasteiger partial charge in [-0.15, -0.1) is 0 Å². The van der Waals surface area contributed by atoms with Gasteiger partial charge in [-0.1, -0.05) is 25.7 Å². The van der Waals surface area contributed by atoms with Crippen LogP contribution in [0.25, 0.3) is 0 Å². The Morgan fingerprint density at radius 3 is 2.29 bits per heavy atom. The largest absolute Gasteiger partial charge is 0.416 e. The van der Waals surface area contributed by atoms with Crippen LogP contribution in [-0.2, 0) is 10.9 Å². The highest BCUT2D eigenvalue weighted by Crippen LogP contribution is 2.67. The molecule has 0 amide bonds. The Kier molecular flexibility index (Phi) is 5.89. The molecule has 0 heterocycles. The van der Waals surface area contributed by atoms with Crippen LogP contribution in [0.4, 0.5) is 13.2 Å². The smallest absolute Gasteiger partial charge is 0.381 e. The summed E-state index contributed by atoms with van der Waals surface area (Å²) in [6, 6.07) is 4.90. The van der Waals surface area contributed by atoms with Gasteiger partial charge < -0.3 is 9.84 Å². The summed E-state index contributed by atoms with van der Waals surface area (Å²) in [4.78, 5) is 0. The van der Waals surface area contributed by atoms with Gasteiger partial charge in [-0.25, -0.2) is 0 Å². The number of aliphatic hydroxyl groups is 1. The molecule has 34 heavy (non-hydrogen) atoms. The summed E-state index contributed by atoms with van der Waals surface area (Å²) in [6.07, 6.45) is 5.61. The van der Waals surface area contributed by atoms with Crippen LogP contribution in [0.2, 0.25) is 0 Å². The van der Waals surface area contributed by atoms with Crippen molar-refractivity contribution in [2.24, 2.45) is 34.5 Å². The molecular weight excluding hydrogens is 437 g/mol. The first-order chi connectivity index (χ1) is 16.0. The van der Waals surface area contributed by atoms with Crippen molar-refractivity contribution in [3.8, 4) is 11.8 Å². The second-order valence-electron chi connectivity index (χ2n) is 12.1. The predicted molar refractivity (Wildman–Crippen MR) is 126 cm³/mol. The van der Waals surface area contributed by atoms with E-state index >= 15 is 0 Å². The van der Waals surface area contributed by atoms with Crippen molar-refractivity contribution < 1.29 is 23.0 Å². The van der Waals surface area contributed by atoms with Crippen LogP contribution in [0, 0.1) is 46.3 Å². The van der Waals surface area contributed by atoms with Gasteiger partial charge in [-0.2, -0.15) is 13.2 Å². The van der Waals surface area contributed by atoms with Crippen LogP contribution in [0.1, 0.15) is 82.8 Å². The lowest BCUT2D eigenvalue weighted by atomic mass is 9.44. The Hall–Kier alpha value is -1.51. The van der Waals surface area contributed by atoms with Gasteiger partial charge in [0.05, 0.1) is 11.7 Å². The summed E-state index contributed by atoms with van der Waals surface area (Å²) in [5.74, 6) is 8.67. The van der Waals surface area contributed by atoms with E-state index in [0.717, 1.165) is 36.8 Å². The molecule has 4 saturated carbocycles. The normalized spacial score (nSPS) is 43.8. The molecule has 5 rings (SSSR count). The molecule has 1 aromatic carbocycles. The second kappa shape index (κ2) is 8.27. The van der Waals surface area contributed by atoms with E-state index < -0.39 is 17.3 Å². The summed E-state index contributed by atoms with van der Waals surface area (Å²) < 4.78 is 44.4. The molecule has 1 N–H and O–H groups in total. The maximum Gasteiger partial charge on any atom is 0.416 e. The first kappa shape index (κ1) is 24.2. The number of ether oxygens (including phenoxy) is 1. The molecule has 0 spiro atoms. The fourth-order valence-corrected chi connectivity index (χ4v) is 8.63. The zero-order chi connectivity index (χ0) is 24.4. The molecule has 2 nitrogen and oxygen atoms in total. The Labute approximate surface area is 201 Å². The highest BCUT2D eigenvalue weighted by molar-refractivity contribution is 5.39. The molecule has 8 atom stereocenters. The number of halogens is 3. The third kappa shape index (κ3) is 3.90. The molecule has 0 bridgehead atoms. The van der Waals surface area contributed by atoms with Crippen molar-refractivity contribution in [3.05, 3.63) is 35.4 Å². The fraction of sp³-hybridized carbons (Fsp3) is 0.724. The topological polar surface area (TPSA) is 29.5 Å². The maximum absolute atomic E-state index is 12.8. The molecule has 4 fully saturated rings. The molecule has 186 valence electrons. The summed E-state index contributed by atoms with van der Waals surface area (Å²) in [5, 5.41) is 11.4. The van der Waals surface area contributed by atoms with Gasteiger partial charge in [0.15, 0.2) is 0 Å². The van der Waals surface area contributed by atoms with E-state index in [-0.39, 0.29) is 5.41 Å². The maximum atomic E-state index is 12.8. The lowest BCUT2D eigenvalue weighted by Gasteiger charge is -2.61. The zero-order valence-electron chi connectivity index (χ0n) is 20.5.